The maximum atomic E-state index is 12.6. The lowest BCUT2D eigenvalue weighted by atomic mass is 10.1. The quantitative estimate of drug-likeness (QED) is 0.600. The number of likely N-dealkylation sites (N-methyl/N-ethyl adjacent to an activating group) is 1. The van der Waals surface area contributed by atoms with E-state index >= 15 is 0 Å². The van der Waals surface area contributed by atoms with Crippen molar-refractivity contribution in [2.45, 2.75) is 40.7 Å². The fraction of sp³-hybridized carbons (Fsp3) is 0.333. The van der Waals surface area contributed by atoms with Crippen molar-refractivity contribution in [2.24, 2.45) is 0 Å². The van der Waals surface area contributed by atoms with Gasteiger partial charge < -0.3 is 9.64 Å². The molecule has 5 nitrogen and oxygen atoms in total. The van der Waals surface area contributed by atoms with Crippen molar-refractivity contribution in [1.29, 1.82) is 0 Å². The van der Waals surface area contributed by atoms with Crippen LogP contribution in [0, 0.1) is 20.8 Å². The van der Waals surface area contributed by atoms with Crippen LogP contribution in [0.15, 0.2) is 48.5 Å². The van der Waals surface area contributed by atoms with E-state index in [9.17, 15) is 4.79 Å². The Morgan fingerprint density at radius 3 is 2.41 bits per heavy atom. The lowest BCUT2D eigenvalue weighted by molar-refractivity contribution is -0.132. The molecule has 1 aromatic heterocycles. The van der Waals surface area contributed by atoms with E-state index in [2.05, 4.69) is 26.0 Å². The van der Waals surface area contributed by atoms with Gasteiger partial charge in [0.05, 0.1) is 11.4 Å². The maximum Gasteiger partial charge on any atom is 0.260 e. The van der Waals surface area contributed by atoms with Gasteiger partial charge in [0.15, 0.2) is 6.61 Å². The van der Waals surface area contributed by atoms with Crippen molar-refractivity contribution in [1.82, 2.24) is 14.7 Å². The zero-order valence-corrected chi connectivity index (χ0v) is 17.9. The van der Waals surface area contributed by atoms with Crippen LogP contribution in [0.5, 0.6) is 5.75 Å². The molecule has 2 aromatic carbocycles. The van der Waals surface area contributed by atoms with E-state index < -0.39 is 0 Å². The van der Waals surface area contributed by atoms with Crippen LogP contribution in [0.4, 0.5) is 0 Å². The number of rotatable bonds is 7. The highest BCUT2D eigenvalue weighted by molar-refractivity contribution is 5.77. The molecule has 3 aromatic rings. The Bertz CT molecular complexity index is 990. The molecule has 0 saturated carbocycles. The van der Waals surface area contributed by atoms with E-state index in [1.807, 2.05) is 54.9 Å². The Balaban J connectivity index is 1.67. The topological polar surface area (TPSA) is 47.4 Å². The fourth-order valence-corrected chi connectivity index (χ4v) is 3.34. The molecule has 0 aliphatic heterocycles. The predicted octanol–water partition coefficient (Wildman–Crippen LogP) is 4.40. The number of ether oxygens (including phenoxy) is 1. The van der Waals surface area contributed by atoms with E-state index in [1.165, 1.54) is 5.56 Å². The van der Waals surface area contributed by atoms with Crippen LogP contribution in [0.2, 0.25) is 0 Å². The average Bonchev–Trinajstić information content (AvgIpc) is 3.00. The Labute approximate surface area is 172 Å². The van der Waals surface area contributed by atoms with Crippen LogP contribution < -0.4 is 4.74 Å². The summed E-state index contributed by atoms with van der Waals surface area (Å²) in [5.41, 5.74) is 6.52. The summed E-state index contributed by atoms with van der Waals surface area (Å²) in [4.78, 5) is 14.3. The van der Waals surface area contributed by atoms with Crippen molar-refractivity contribution in [3.8, 4) is 11.4 Å². The van der Waals surface area contributed by atoms with Crippen molar-refractivity contribution < 1.29 is 9.53 Å². The van der Waals surface area contributed by atoms with Gasteiger partial charge in [0.1, 0.15) is 5.75 Å². The number of carbonyl (C=O) groups excluding carboxylic acids is 1. The number of nitrogens with zero attached hydrogens (tertiary/aromatic N) is 3. The second-order valence-electron chi connectivity index (χ2n) is 7.38. The minimum atomic E-state index is -0.0630. The number of aryl methyl sites for hydroxylation is 3. The van der Waals surface area contributed by atoms with Crippen LogP contribution in [0.25, 0.3) is 5.69 Å². The predicted molar refractivity (Wildman–Crippen MR) is 116 cm³/mol. The first-order chi connectivity index (χ1) is 13.9. The van der Waals surface area contributed by atoms with Gasteiger partial charge in [0.25, 0.3) is 5.91 Å². The van der Waals surface area contributed by atoms with Gasteiger partial charge in [-0.25, -0.2) is 4.68 Å². The molecule has 29 heavy (non-hydrogen) atoms. The Morgan fingerprint density at radius 1 is 1.07 bits per heavy atom. The van der Waals surface area contributed by atoms with Gasteiger partial charge in [-0.1, -0.05) is 37.3 Å². The van der Waals surface area contributed by atoms with E-state index in [1.54, 1.807) is 11.9 Å². The molecule has 0 aliphatic rings. The average molecular weight is 392 g/mol. The molecule has 0 fully saturated rings. The van der Waals surface area contributed by atoms with Crippen LogP contribution in [-0.4, -0.2) is 34.2 Å². The molecule has 0 spiro atoms. The third-order valence-corrected chi connectivity index (χ3v) is 5.30. The summed E-state index contributed by atoms with van der Waals surface area (Å²) in [5.74, 6) is 0.649. The number of benzene rings is 2. The molecular weight excluding hydrogens is 362 g/mol. The first-order valence-corrected chi connectivity index (χ1v) is 9.97. The summed E-state index contributed by atoms with van der Waals surface area (Å²) in [5, 5.41) is 4.71. The highest BCUT2D eigenvalue weighted by Crippen LogP contribution is 2.21. The van der Waals surface area contributed by atoms with Gasteiger partial charge in [-0.15, -0.1) is 0 Å². The van der Waals surface area contributed by atoms with Crippen LogP contribution in [0.1, 0.15) is 35.0 Å². The number of para-hydroxylation sites is 1. The maximum absolute atomic E-state index is 12.6. The molecule has 1 amide bonds. The van der Waals surface area contributed by atoms with Crippen molar-refractivity contribution in [2.75, 3.05) is 13.7 Å². The normalized spacial score (nSPS) is 10.8. The molecule has 5 heteroatoms. The van der Waals surface area contributed by atoms with Crippen LogP contribution in [-0.2, 0) is 17.8 Å². The lowest BCUT2D eigenvalue weighted by Crippen LogP contribution is -2.31. The SMILES string of the molecule is CCc1ccc(OCC(=O)N(C)Cc2c(C)nn(-c3ccccc3C)c2C)cc1. The summed E-state index contributed by atoms with van der Waals surface area (Å²) in [6.45, 7) is 8.74. The Kier molecular flexibility index (Phi) is 6.37. The molecule has 152 valence electrons. The van der Waals surface area contributed by atoms with Gasteiger partial charge in [-0.3, -0.25) is 4.79 Å². The van der Waals surface area contributed by atoms with Gasteiger partial charge in [-0.2, -0.15) is 5.10 Å². The second kappa shape index (κ2) is 8.95. The van der Waals surface area contributed by atoms with Gasteiger partial charge in [0.2, 0.25) is 0 Å². The minimum absolute atomic E-state index is 0.0198. The molecule has 0 aliphatic carbocycles. The first kappa shape index (κ1) is 20.6. The summed E-state index contributed by atoms with van der Waals surface area (Å²) in [7, 11) is 1.80. The molecule has 0 atom stereocenters. The molecule has 0 saturated heterocycles. The molecule has 0 N–H and O–H groups in total. The van der Waals surface area contributed by atoms with Crippen molar-refractivity contribution in [3.05, 3.63) is 76.6 Å². The van der Waals surface area contributed by atoms with Crippen molar-refractivity contribution in [3.63, 3.8) is 0 Å². The molecule has 1 heterocycles. The number of carbonyl (C=O) groups is 1. The standard InChI is InChI=1S/C24H29N3O2/c1-6-20-11-13-21(14-12-20)29-16-24(28)26(5)15-22-18(3)25-27(19(22)4)23-10-8-7-9-17(23)2/h7-14H,6,15-16H2,1-5H3. The first-order valence-electron chi connectivity index (χ1n) is 9.97. The Morgan fingerprint density at radius 2 is 1.76 bits per heavy atom. The van der Waals surface area contributed by atoms with Crippen molar-refractivity contribution >= 4 is 5.91 Å². The van der Waals surface area contributed by atoms with E-state index in [0.29, 0.717) is 12.3 Å². The van der Waals surface area contributed by atoms with E-state index in [0.717, 1.165) is 34.6 Å². The monoisotopic (exact) mass is 391 g/mol. The highest BCUT2D eigenvalue weighted by Gasteiger charge is 2.18. The number of aromatic nitrogens is 2. The highest BCUT2D eigenvalue weighted by atomic mass is 16.5. The summed E-state index contributed by atoms with van der Waals surface area (Å²) >= 11 is 0. The third-order valence-electron chi connectivity index (χ3n) is 5.30. The van der Waals surface area contributed by atoms with Crippen LogP contribution in [0.3, 0.4) is 0 Å². The van der Waals surface area contributed by atoms with E-state index in [-0.39, 0.29) is 12.5 Å². The van der Waals surface area contributed by atoms with Crippen LogP contribution >= 0.6 is 0 Å². The molecule has 3 rings (SSSR count). The summed E-state index contributed by atoms with van der Waals surface area (Å²) < 4.78 is 7.63. The molecule has 0 bridgehead atoms. The zero-order chi connectivity index (χ0) is 21.0. The van der Waals surface area contributed by atoms with E-state index in [4.69, 9.17) is 9.84 Å². The second-order valence-corrected chi connectivity index (χ2v) is 7.38. The third kappa shape index (κ3) is 4.67. The smallest absolute Gasteiger partial charge is 0.260 e. The molecule has 0 radical (unpaired) electrons. The fourth-order valence-electron chi connectivity index (χ4n) is 3.34. The van der Waals surface area contributed by atoms with Gasteiger partial charge >= 0.3 is 0 Å². The molecular formula is C24H29N3O2. The number of amides is 1. The minimum Gasteiger partial charge on any atom is -0.484 e. The Hall–Kier alpha value is -3.08. The van der Waals surface area contributed by atoms with Gasteiger partial charge in [0, 0.05) is 24.8 Å². The number of hydrogen-bond acceptors (Lipinski definition) is 3. The van der Waals surface area contributed by atoms with Gasteiger partial charge in [-0.05, 0) is 56.5 Å². The zero-order valence-electron chi connectivity index (χ0n) is 17.9. The lowest BCUT2D eigenvalue weighted by Gasteiger charge is -2.18. The molecule has 0 unspecified atom stereocenters. The summed E-state index contributed by atoms with van der Waals surface area (Å²) in [6.07, 6.45) is 0.983. The summed E-state index contributed by atoms with van der Waals surface area (Å²) in [6, 6.07) is 16.0. The number of hydrogen-bond donors (Lipinski definition) is 0. The largest absolute Gasteiger partial charge is 0.484 e.